The van der Waals surface area contributed by atoms with Crippen LogP contribution in [0.2, 0.25) is 10.0 Å². The summed E-state index contributed by atoms with van der Waals surface area (Å²) in [4.78, 5) is 0. The Labute approximate surface area is 112 Å². The van der Waals surface area contributed by atoms with Gasteiger partial charge in [-0.3, -0.25) is 0 Å². The van der Waals surface area contributed by atoms with Crippen LogP contribution in [0.4, 0.5) is 0 Å². The van der Waals surface area contributed by atoms with Crippen molar-refractivity contribution < 1.29 is 10.2 Å². The molecule has 96 valence electrons. The van der Waals surface area contributed by atoms with Crippen molar-refractivity contribution in [2.45, 2.75) is 44.8 Å². The van der Waals surface area contributed by atoms with Crippen molar-refractivity contribution in [2.24, 2.45) is 0 Å². The number of halogens is 2. The Balaban J connectivity index is 2.86. The van der Waals surface area contributed by atoms with E-state index in [9.17, 15) is 10.2 Å². The highest BCUT2D eigenvalue weighted by Gasteiger charge is 2.19. The van der Waals surface area contributed by atoms with Crippen molar-refractivity contribution in [3.63, 3.8) is 0 Å². The summed E-state index contributed by atoms with van der Waals surface area (Å²) >= 11 is 11.9. The van der Waals surface area contributed by atoms with Crippen molar-refractivity contribution in [3.05, 3.63) is 33.8 Å². The normalized spacial score (nSPS) is 16.6. The van der Waals surface area contributed by atoms with E-state index < -0.39 is 12.2 Å². The van der Waals surface area contributed by atoms with Crippen LogP contribution in [0.3, 0.4) is 0 Å². The molecule has 0 aliphatic rings. The fraction of sp³-hybridized carbons (Fsp3) is 0.538. The van der Waals surface area contributed by atoms with E-state index in [1.54, 1.807) is 13.0 Å². The molecule has 0 bridgehead atoms. The average molecular weight is 277 g/mol. The molecule has 3 atom stereocenters. The molecule has 2 nitrogen and oxygen atoms in total. The molecular weight excluding hydrogens is 259 g/mol. The monoisotopic (exact) mass is 276 g/mol. The third kappa shape index (κ3) is 4.47. The van der Waals surface area contributed by atoms with E-state index in [1.165, 1.54) is 0 Å². The van der Waals surface area contributed by atoms with Crippen LogP contribution in [-0.4, -0.2) is 22.4 Å². The highest BCUT2D eigenvalue weighted by molar-refractivity contribution is 6.34. The van der Waals surface area contributed by atoms with Crippen molar-refractivity contribution in [1.82, 2.24) is 0 Å². The third-order valence-electron chi connectivity index (χ3n) is 2.93. The Morgan fingerprint density at radius 1 is 1.12 bits per heavy atom. The highest BCUT2D eigenvalue weighted by Crippen LogP contribution is 2.30. The van der Waals surface area contributed by atoms with E-state index >= 15 is 0 Å². The molecule has 0 fully saturated rings. The molecule has 0 saturated carbocycles. The standard InChI is InChI=1S/C13H18Cl2O2/c1-3-9(6-13(17)8(2)16)10-4-11(14)7-12(15)5-10/h4-5,7-9,13,16-17H,3,6H2,1-2H3. The first-order valence-corrected chi connectivity index (χ1v) is 6.51. The average Bonchev–Trinajstić information content (AvgIpc) is 2.23. The van der Waals surface area contributed by atoms with Gasteiger partial charge in [0.15, 0.2) is 0 Å². The summed E-state index contributed by atoms with van der Waals surface area (Å²) in [5, 5.41) is 20.2. The summed E-state index contributed by atoms with van der Waals surface area (Å²) in [7, 11) is 0. The fourth-order valence-corrected chi connectivity index (χ4v) is 2.38. The Kier molecular flexibility index (Phi) is 5.74. The lowest BCUT2D eigenvalue weighted by Crippen LogP contribution is -2.24. The lowest BCUT2D eigenvalue weighted by molar-refractivity contribution is 0.0215. The maximum atomic E-state index is 9.71. The largest absolute Gasteiger partial charge is 0.391 e. The Morgan fingerprint density at radius 2 is 1.65 bits per heavy atom. The summed E-state index contributed by atoms with van der Waals surface area (Å²) in [6.45, 7) is 3.62. The van der Waals surface area contributed by atoms with Crippen LogP contribution in [-0.2, 0) is 0 Å². The number of rotatable bonds is 5. The van der Waals surface area contributed by atoms with Gasteiger partial charge in [-0.25, -0.2) is 0 Å². The maximum absolute atomic E-state index is 9.71. The Hall–Kier alpha value is -0.280. The van der Waals surface area contributed by atoms with Gasteiger partial charge >= 0.3 is 0 Å². The minimum Gasteiger partial charge on any atom is -0.391 e. The van der Waals surface area contributed by atoms with Crippen molar-refractivity contribution in [2.75, 3.05) is 0 Å². The van der Waals surface area contributed by atoms with E-state index in [1.807, 2.05) is 19.1 Å². The van der Waals surface area contributed by atoms with Gasteiger partial charge in [0.2, 0.25) is 0 Å². The molecule has 1 rings (SSSR count). The summed E-state index contributed by atoms with van der Waals surface area (Å²) in [6, 6.07) is 5.40. The Morgan fingerprint density at radius 3 is 2.06 bits per heavy atom. The number of aliphatic hydroxyl groups excluding tert-OH is 2. The summed E-state index contributed by atoms with van der Waals surface area (Å²) < 4.78 is 0. The predicted octanol–water partition coefficient (Wildman–Crippen LogP) is 3.62. The van der Waals surface area contributed by atoms with Gasteiger partial charge < -0.3 is 10.2 Å². The summed E-state index contributed by atoms with van der Waals surface area (Å²) in [6.07, 6.45) is -0.0814. The first-order chi connectivity index (χ1) is 7.93. The first kappa shape index (κ1) is 14.8. The molecule has 0 saturated heterocycles. The predicted molar refractivity (Wildman–Crippen MR) is 71.8 cm³/mol. The SMILES string of the molecule is CCC(CC(O)C(C)O)c1cc(Cl)cc(Cl)c1. The second-order valence-corrected chi connectivity index (χ2v) is 5.22. The number of aliphatic hydroxyl groups is 2. The smallest absolute Gasteiger partial charge is 0.0802 e. The number of benzene rings is 1. The molecular formula is C13H18Cl2O2. The van der Waals surface area contributed by atoms with Crippen LogP contribution in [0.1, 0.15) is 38.2 Å². The van der Waals surface area contributed by atoms with E-state index in [2.05, 4.69) is 0 Å². The van der Waals surface area contributed by atoms with Gasteiger partial charge in [-0.2, -0.15) is 0 Å². The zero-order valence-corrected chi connectivity index (χ0v) is 11.5. The lowest BCUT2D eigenvalue weighted by Gasteiger charge is -2.21. The van der Waals surface area contributed by atoms with E-state index in [0.29, 0.717) is 16.5 Å². The van der Waals surface area contributed by atoms with Gasteiger partial charge in [0, 0.05) is 10.0 Å². The molecule has 0 aliphatic carbocycles. The van der Waals surface area contributed by atoms with Crippen molar-refractivity contribution in [1.29, 1.82) is 0 Å². The fourth-order valence-electron chi connectivity index (χ4n) is 1.84. The van der Waals surface area contributed by atoms with Crippen LogP contribution in [0.15, 0.2) is 18.2 Å². The zero-order valence-electron chi connectivity index (χ0n) is 10.0. The van der Waals surface area contributed by atoms with Gasteiger partial charge in [0.05, 0.1) is 12.2 Å². The second-order valence-electron chi connectivity index (χ2n) is 4.35. The quantitative estimate of drug-likeness (QED) is 0.863. The molecule has 3 unspecified atom stereocenters. The maximum Gasteiger partial charge on any atom is 0.0802 e. The van der Waals surface area contributed by atoms with Crippen molar-refractivity contribution in [3.8, 4) is 0 Å². The molecule has 2 N–H and O–H groups in total. The molecule has 1 aromatic rings. The lowest BCUT2D eigenvalue weighted by atomic mass is 9.89. The third-order valence-corrected chi connectivity index (χ3v) is 3.37. The van der Waals surface area contributed by atoms with Crippen molar-refractivity contribution >= 4 is 23.2 Å². The topological polar surface area (TPSA) is 40.5 Å². The van der Waals surface area contributed by atoms with E-state index in [4.69, 9.17) is 23.2 Å². The van der Waals surface area contributed by atoms with E-state index in [0.717, 1.165) is 12.0 Å². The second kappa shape index (κ2) is 6.60. The summed E-state index contributed by atoms with van der Waals surface area (Å²) in [5.41, 5.74) is 1.00. The number of hydrogen-bond donors (Lipinski definition) is 2. The van der Waals surface area contributed by atoms with Gasteiger partial charge in [0.25, 0.3) is 0 Å². The molecule has 0 heterocycles. The molecule has 0 aliphatic heterocycles. The molecule has 0 aromatic heterocycles. The molecule has 17 heavy (non-hydrogen) atoms. The van der Waals surface area contributed by atoms with E-state index in [-0.39, 0.29) is 5.92 Å². The Bertz CT molecular complexity index is 346. The van der Waals surface area contributed by atoms with Crippen LogP contribution < -0.4 is 0 Å². The minimum atomic E-state index is -0.724. The van der Waals surface area contributed by atoms with Gasteiger partial charge in [-0.15, -0.1) is 0 Å². The minimum absolute atomic E-state index is 0.149. The van der Waals surface area contributed by atoms with Crippen LogP contribution in [0.25, 0.3) is 0 Å². The van der Waals surface area contributed by atoms with Crippen LogP contribution in [0.5, 0.6) is 0 Å². The molecule has 1 aromatic carbocycles. The first-order valence-electron chi connectivity index (χ1n) is 5.76. The van der Waals surface area contributed by atoms with Gasteiger partial charge in [0.1, 0.15) is 0 Å². The molecule has 4 heteroatoms. The van der Waals surface area contributed by atoms with Crippen LogP contribution >= 0.6 is 23.2 Å². The molecule has 0 radical (unpaired) electrons. The molecule has 0 amide bonds. The zero-order chi connectivity index (χ0) is 13.0. The highest BCUT2D eigenvalue weighted by atomic mass is 35.5. The van der Waals surface area contributed by atoms with Crippen LogP contribution in [0, 0.1) is 0 Å². The number of hydrogen-bond acceptors (Lipinski definition) is 2. The summed E-state index contributed by atoms with van der Waals surface area (Å²) in [5.74, 6) is 0.149. The van der Waals surface area contributed by atoms with Gasteiger partial charge in [-0.05, 0) is 49.4 Å². The molecule has 0 spiro atoms. The van der Waals surface area contributed by atoms with Gasteiger partial charge in [-0.1, -0.05) is 30.1 Å².